The Hall–Kier alpha value is -1.64. The molecule has 2 amide bonds. The van der Waals surface area contributed by atoms with E-state index in [1.165, 1.54) is 4.90 Å². The normalized spacial score (nSPS) is 16.0. The second-order valence-electron chi connectivity index (χ2n) is 4.68. The van der Waals surface area contributed by atoms with Crippen LogP contribution < -0.4 is 0 Å². The first-order chi connectivity index (χ1) is 8.66. The van der Waals surface area contributed by atoms with Gasteiger partial charge in [0.15, 0.2) is 0 Å². The van der Waals surface area contributed by atoms with Crippen molar-refractivity contribution in [2.45, 2.75) is 38.6 Å². The number of fused-ring (bicyclic) bond motifs is 1. The van der Waals surface area contributed by atoms with E-state index in [1.807, 2.05) is 0 Å². The molecule has 1 atom stereocenters. The molecule has 1 heterocycles. The van der Waals surface area contributed by atoms with Crippen molar-refractivity contribution in [1.29, 1.82) is 0 Å². The fraction of sp³-hybridized carbons (Fsp3) is 0.400. The summed E-state index contributed by atoms with van der Waals surface area (Å²) >= 11 is 0. The number of carbonyl (C=O) groups excluding carboxylic acids is 2. The second kappa shape index (κ2) is 5.34. The number of benzene rings is 1. The van der Waals surface area contributed by atoms with E-state index in [1.54, 1.807) is 24.3 Å². The van der Waals surface area contributed by atoms with Gasteiger partial charge in [-0.25, -0.2) is 0 Å². The van der Waals surface area contributed by atoms with Crippen molar-refractivity contribution >= 4 is 11.8 Å². The number of hydrogen-bond donors (Lipinski definition) is 0. The van der Waals surface area contributed by atoms with Gasteiger partial charge in [-0.15, -0.1) is 0 Å². The molecule has 0 spiro atoms. The van der Waals surface area contributed by atoms with Crippen molar-refractivity contribution in [3.05, 3.63) is 42.3 Å². The molecule has 0 aromatic heterocycles. The van der Waals surface area contributed by atoms with Crippen LogP contribution in [0.4, 0.5) is 0 Å². The van der Waals surface area contributed by atoms with E-state index in [4.69, 9.17) is 0 Å². The molecule has 0 saturated carbocycles. The van der Waals surface area contributed by atoms with Crippen LogP contribution in [0.3, 0.4) is 0 Å². The molecule has 1 aliphatic heterocycles. The number of unbranched alkanes of at least 4 members (excludes halogenated alkanes) is 2. The van der Waals surface area contributed by atoms with Crippen LogP contribution in [0, 0.1) is 6.92 Å². The minimum Gasteiger partial charge on any atom is -0.271 e. The van der Waals surface area contributed by atoms with Gasteiger partial charge in [-0.2, -0.15) is 0 Å². The summed E-state index contributed by atoms with van der Waals surface area (Å²) in [5.41, 5.74) is 1.01. The molecule has 1 unspecified atom stereocenters. The van der Waals surface area contributed by atoms with Crippen molar-refractivity contribution in [2.75, 3.05) is 0 Å². The monoisotopic (exact) mass is 244 g/mol. The third-order valence-corrected chi connectivity index (χ3v) is 3.33. The standard InChI is InChI=1S/C15H18NO2/c1-3-4-5-8-11(2)16-14(17)12-9-6-7-10-13(12)15(16)18/h6-7,9-11H,2-5,8H2,1H3. The van der Waals surface area contributed by atoms with Crippen molar-refractivity contribution < 1.29 is 9.59 Å². The highest BCUT2D eigenvalue weighted by Crippen LogP contribution is 2.25. The van der Waals surface area contributed by atoms with E-state index in [0.29, 0.717) is 11.1 Å². The van der Waals surface area contributed by atoms with Crippen LogP contribution in [0.15, 0.2) is 24.3 Å². The van der Waals surface area contributed by atoms with Gasteiger partial charge in [0.2, 0.25) is 0 Å². The Morgan fingerprint density at radius 2 is 1.67 bits per heavy atom. The zero-order valence-electron chi connectivity index (χ0n) is 10.7. The third-order valence-electron chi connectivity index (χ3n) is 3.33. The average molecular weight is 244 g/mol. The summed E-state index contributed by atoms with van der Waals surface area (Å²) in [7, 11) is 0. The molecular formula is C15H18NO2. The number of nitrogens with zero attached hydrogens (tertiary/aromatic N) is 1. The molecule has 1 aromatic rings. The molecule has 0 aliphatic carbocycles. The molecule has 95 valence electrons. The minimum absolute atomic E-state index is 0.202. The SMILES string of the molecule is [CH2]C(CCCCC)N1C(=O)c2ccccc2C1=O. The average Bonchev–Trinajstić information content (AvgIpc) is 2.63. The number of amides is 2. The molecule has 3 nitrogen and oxygen atoms in total. The third kappa shape index (κ3) is 2.17. The van der Waals surface area contributed by atoms with Crippen LogP contribution in [0.5, 0.6) is 0 Å². The van der Waals surface area contributed by atoms with E-state index in [-0.39, 0.29) is 17.9 Å². The lowest BCUT2D eigenvalue weighted by atomic mass is 10.1. The predicted octanol–water partition coefficient (Wildman–Crippen LogP) is 3.07. The highest BCUT2D eigenvalue weighted by Gasteiger charge is 2.37. The van der Waals surface area contributed by atoms with Crippen molar-refractivity contribution in [2.24, 2.45) is 0 Å². The van der Waals surface area contributed by atoms with E-state index >= 15 is 0 Å². The number of rotatable bonds is 5. The summed E-state index contributed by atoms with van der Waals surface area (Å²) in [5, 5.41) is 0. The van der Waals surface area contributed by atoms with Gasteiger partial charge in [0.05, 0.1) is 11.1 Å². The summed E-state index contributed by atoms with van der Waals surface area (Å²) < 4.78 is 0. The first kappa shape index (κ1) is 12.8. The quantitative estimate of drug-likeness (QED) is 0.589. The van der Waals surface area contributed by atoms with Gasteiger partial charge in [0.1, 0.15) is 0 Å². The van der Waals surface area contributed by atoms with Gasteiger partial charge in [-0.1, -0.05) is 38.3 Å². The Balaban J connectivity index is 2.13. The molecule has 0 bridgehead atoms. The van der Waals surface area contributed by atoms with Crippen LogP contribution in [0.25, 0.3) is 0 Å². The van der Waals surface area contributed by atoms with E-state index < -0.39 is 0 Å². The Bertz CT molecular complexity index is 432. The first-order valence-electron chi connectivity index (χ1n) is 6.46. The van der Waals surface area contributed by atoms with Gasteiger partial charge in [-0.3, -0.25) is 14.5 Å². The second-order valence-corrected chi connectivity index (χ2v) is 4.68. The van der Waals surface area contributed by atoms with E-state index in [0.717, 1.165) is 25.7 Å². The lowest BCUT2D eigenvalue weighted by molar-refractivity contribution is 0.0606. The van der Waals surface area contributed by atoms with Gasteiger partial charge in [0.25, 0.3) is 11.8 Å². The zero-order valence-corrected chi connectivity index (χ0v) is 10.7. The summed E-state index contributed by atoms with van der Waals surface area (Å²) in [5.74, 6) is -0.404. The molecule has 18 heavy (non-hydrogen) atoms. The van der Waals surface area contributed by atoms with Crippen LogP contribution in [-0.2, 0) is 0 Å². The number of imide groups is 1. The summed E-state index contributed by atoms with van der Waals surface area (Å²) in [6.45, 7) is 6.09. The van der Waals surface area contributed by atoms with Gasteiger partial charge < -0.3 is 0 Å². The fourth-order valence-corrected chi connectivity index (χ4v) is 2.30. The Kier molecular flexibility index (Phi) is 3.80. The lowest BCUT2D eigenvalue weighted by Gasteiger charge is -2.22. The topological polar surface area (TPSA) is 37.4 Å². The van der Waals surface area contributed by atoms with Gasteiger partial charge in [-0.05, 0) is 25.5 Å². The molecule has 0 saturated heterocycles. The zero-order chi connectivity index (χ0) is 13.1. The van der Waals surface area contributed by atoms with Crippen LogP contribution in [0.1, 0.15) is 53.3 Å². The smallest absolute Gasteiger partial charge is 0.261 e. The Morgan fingerprint density at radius 3 is 2.17 bits per heavy atom. The summed E-state index contributed by atoms with van der Waals surface area (Å²) in [4.78, 5) is 25.6. The predicted molar refractivity (Wildman–Crippen MR) is 70.2 cm³/mol. The maximum Gasteiger partial charge on any atom is 0.261 e. The van der Waals surface area contributed by atoms with Crippen LogP contribution >= 0.6 is 0 Å². The van der Waals surface area contributed by atoms with Crippen LogP contribution in [-0.4, -0.2) is 22.8 Å². The molecule has 3 heteroatoms. The highest BCUT2D eigenvalue weighted by atomic mass is 16.2. The molecule has 1 aliphatic rings. The van der Waals surface area contributed by atoms with Crippen molar-refractivity contribution in [3.63, 3.8) is 0 Å². The Morgan fingerprint density at radius 1 is 1.11 bits per heavy atom. The Labute approximate surface area is 108 Å². The molecule has 1 radical (unpaired) electrons. The molecule has 1 aromatic carbocycles. The first-order valence-corrected chi connectivity index (χ1v) is 6.46. The highest BCUT2D eigenvalue weighted by molar-refractivity contribution is 6.21. The minimum atomic E-state index is -0.260. The number of hydrogen-bond acceptors (Lipinski definition) is 2. The summed E-state index contributed by atoms with van der Waals surface area (Å²) in [6.07, 6.45) is 4.00. The fourth-order valence-electron chi connectivity index (χ4n) is 2.30. The van der Waals surface area contributed by atoms with E-state index in [9.17, 15) is 9.59 Å². The maximum absolute atomic E-state index is 12.1. The van der Waals surface area contributed by atoms with Gasteiger partial charge >= 0.3 is 0 Å². The van der Waals surface area contributed by atoms with E-state index in [2.05, 4.69) is 13.8 Å². The molecule has 2 rings (SSSR count). The lowest BCUT2D eigenvalue weighted by Crippen LogP contribution is -2.38. The molecule has 0 N–H and O–H groups in total. The van der Waals surface area contributed by atoms with Crippen molar-refractivity contribution in [3.8, 4) is 0 Å². The summed E-state index contributed by atoms with van der Waals surface area (Å²) in [6, 6.07) is 6.71. The molecule has 0 fully saturated rings. The molecular weight excluding hydrogens is 226 g/mol. The largest absolute Gasteiger partial charge is 0.271 e. The van der Waals surface area contributed by atoms with Crippen LogP contribution in [0.2, 0.25) is 0 Å². The van der Waals surface area contributed by atoms with Gasteiger partial charge in [0, 0.05) is 6.04 Å². The van der Waals surface area contributed by atoms with Crippen molar-refractivity contribution in [1.82, 2.24) is 4.90 Å². The number of carbonyl (C=O) groups is 2. The maximum atomic E-state index is 12.1.